The molecule has 7 heteroatoms. The van der Waals surface area contributed by atoms with Gasteiger partial charge in [-0.05, 0) is 69.5 Å². The summed E-state index contributed by atoms with van der Waals surface area (Å²) in [5, 5.41) is 6.98. The number of Topliss-reactive ketones (excluding diaryl/α,β-unsaturated/α-hetero) is 1. The van der Waals surface area contributed by atoms with E-state index in [1.807, 2.05) is 48.5 Å². The van der Waals surface area contributed by atoms with Gasteiger partial charge in [0.1, 0.15) is 11.5 Å². The number of anilines is 1. The van der Waals surface area contributed by atoms with Gasteiger partial charge in [-0.3, -0.25) is 14.9 Å². The topological polar surface area (TPSA) is 70.7 Å². The first kappa shape index (κ1) is 25.7. The van der Waals surface area contributed by atoms with E-state index < -0.39 is 4.87 Å². The highest BCUT2D eigenvalue weighted by atomic mass is 32.2. The van der Waals surface area contributed by atoms with Crippen molar-refractivity contribution in [3.05, 3.63) is 54.1 Å². The summed E-state index contributed by atoms with van der Waals surface area (Å²) in [4.78, 5) is 27.0. The molecule has 35 heavy (non-hydrogen) atoms. The average molecular weight is 496 g/mol. The van der Waals surface area contributed by atoms with E-state index in [1.54, 1.807) is 11.9 Å². The maximum Gasteiger partial charge on any atom is 0.262 e. The zero-order valence-corrected chi connectivity index (χ0v) is 21.9. The molecule has 0 bridgehead atoms. The van der Waals surface area contributed by atoms with E-state index in [0.29, 0.717) is 6.61 Å². The van der Waals surface area contributed by atoms with Crippen LogP contribution in [0, 0.1) is 0 Å². The van der Waals surface area contributed by atoms with Gasteiger partial charge in [0, 0.05) is 17.5 Å². The van der Waals surface area contributed by atoms with Crippen LogP contribution in [-0.2, 0) is 14.5 Å². The van der Waals surface area contributed by atoms with Gasteiger partial charge in [0.25, 0.3) is 5.91 Å². The van der Waals surface area contributed by atoms with Gasteiger partial charge in [-0.2, -0.15) is 0 Å². The molecule has 1 aliphatic carbocycles. The molecular formula is C28H37N3O3S. The third-order valence-electron chi connectivity index (χ3n) is 7.04. The number of hydrogen-bond acceptors (Lipinski definition) is 6. The number of likely N-dealkylation sites (N-methyl/N-ethyl adjacent to an activating group) is 1. The van der Waals surface area contributed by atoms with Crippen molar-refractivity contribution in [1.29, 1.82) is 0 Å². The molecule has 0 aromatic heterocycles. The second-order valence-corrected chi connectivity index (χ2v) is 11.2. The third-order valence-corrected chi connectivity index (χ3v) is 8.47. The van der Waals surface area contributed by atoms with Crippen LogP contribution in [0.2, 0.25) is 0 Å². The molecule has 2 N–H and O–H groups in total. The summed E-state index contributed by atoms with van der Waals surface area (Å²) < 4.78 is 5.99. The van der Waals surface area contributed by atoms with Crippen LogP contribution in [-0.4, -0.2) is 44.0 Å². The molecule has 2 aromatic carbocycles. The van der Waals surface area contributed by atoms with Gasteiger partial charge in [0.05, 0.1) is 18.8 Å². The van der Waals surface area contributed by atoms with E-state index in [1.165, 1.54) is 50.8 Å². The highest BCUT2D eigenvalue weighted by Crippen LogP contribution is 2.49. The number of carbonyl (C=O) groups is 2. The molecule has 1 atom stereocenters. The molecule has 2 aromatic rings. The van der Waals surface area contributed by atoms with Crippen LogP contribution in [0.15, 0.2) is 53.4 Å². The molecule has 1 saturated carbocycles. The van der Waals surface area contributed by atoms with Crippen LogP contribution in [0.3, 0.4) is 0 Å². The molecule has 0 saturated heterocycles. The largest absolute Gasteiger partial charge is 0.494 e. The molecule has 0 radical (unpaired) electrons. The Morgan fingerprint density at radius 2 is 1.77 bits per heavy atom. The normalized spacial score (nSPS) is 21.5. The number of carbonyl (C=O) groups excluding carboxylic acids is 2. The zero-order chi connectivity index (χ0) is 24.9. The van der Waals surface area contributed by atoms with Gasteiger partial charge in [0.2, 0.25) is 0 Å². The highest BCUT2D eigenvalue weighted by molar-refractivity contribution is 8.01. The minimum atomic E-state index is -1.08. The van der Waals surface area contributed by atoms with Crippen LogP contribution in [0.5, 0.6) is 5.75 Å². The monoisotopic (exact) mass is 495 g/mol. The smallest absolute Gasteiger partial charge is 0.262 e. The molecule has 1 unspecified atom stereocenters. The molecule has 1 heterocycles. The van der Waals surface area contributed by atoms with Gasteiger partial charge >= 0.3 is 0 Å². The highest BCUT2D eigenvalue weighted by Gasteiger charge is 2.47. The molecule has 4 rings (SSSR count). The standard InChI is InChI=1S/C28H37N3O3S/c1-21(32)20-30-28(26(33)31(3)24-10-5-6-11-25(24)35-28)22-12-14-23(15-13-22)34-19-9-18-29-27(2)16-7-4-8-17-27/h5-6,10-15,29-30H,4,7-9,16-20H2,1-3H3. The second kappa shape index (κ2) is 11.1. The summed E-state index contributed by atoms with van der Waals surface area (Å²) in [6.45, 7) is 5.56. The van der Waals surface area contributed by atoms with Gasteiger partial charge in [-0.25, -0.2) is 0 Å². The molecular weight excluding hydrogens is 458 g/mol. The van der Waals surface area contributed by atoms with Crippen LogP contribution in [0.1, 0.15) is 57.9 Å². The van der Waals surface area contributed by atoms with Crippen molar-refractivity contribution in [3.8, 4) is 5.75 Å². The Hall–Kier alpha value is -2.35. The number of nitrogens with zero attached hydrogens (tertiary/aromatic N) is 1. The number of nitrogens with one attached hydrogen (secondary N) is 2. The number of fused-ring (bicyclic) bond motifs is 1. The Bertz CT molecular complexity index is 1040. The van der Waals surface area contributed by atoms with Crippen molar-refractivity contribution in [3.63, 3.8) is 0 Å². The second-order valence-electron chi connectivity index (χ2n) is 9.95. The van der Waals surface area contributed by atoms with Crippen LogP contribution >= 0.6 is 11.8 Å². The quantitative estimate of drug-likeness (QED) is 0.459. The van der Waals surface area contributed by atoms with Crippen LogP contribution in [0.4, 0.5) is 5.69 Å². The molecule has 1 aliphatic heterocycles. The number of para-hydroxylation sites is 1. The van der Waals surface area contributed by atoms with Crippen molar-refractivity contribution in [2.24, 2.45) is 0 Å². The van der Waals surface area contributed by atoms with Crippen LogP contribution in [0.25, 0.3) is 0 Å². The number of benzene rings is 2. The van der Waals surface area contributed by atoms with Gasteiger partial charge in [-0.1, -0.05) is 55.3 Å². The first-order valence-corrected chi connectivity index (χ1v) is 13.4. The fourth-order valence-corrected chi connectivity index (χ4v) is 6.38. The van der Waals surface area contributed by atoms with Crippen molar-refractivity contribution in [1.82, 2.24) is 10.6 Å². The Labute approximate surface area is 213 Å². The van der Waals surface area contributed by atoms with Gasteiger partial charge in [0.15, 0.2) is 4.87 Å². The average Bonchev–Trinajstić information content (AvgIpc) is 2.86. The lowest BCUT2D eigenvalue weighted by Crippen LogP contribution is -2.55. The summed E-state index contributed by atoms with van der Waals surface area (Å²) in [6.07, 6.45) is 7.44. The van der Waals surface area contributed by atoms with E-state index >= 15 is 0 Å². The fraction of sp³-hybridized carbons (Fsp3) is 0.500. The maximum atomic E-state index is 13.6. The van der Waals surface area contributed by atoms with Crippen molar-refractivity contribution < 1.29 is 14.3 Å². The molecule has 188 valence electrons. The zero-order valence-electron chi connectivity index (χ0n) is 21.1. The minimum Gasteiger partial charge on any atom is -0.494 e. The fourth-order valence-electron chi connectivity index (χ4n) is 4.97. The Balaban J connectivity index is 1.42. The Kier molecular flexibility index (Phi) is 8.19. The molecule has 1 fully saturated rings. The molecule has 1 amide bonds. The first-order chi connectivity index (χ1) is 16.8. The molecule has 2 aliphatic rings. The van der Waals surface area contributed by atoms with Crippen molar-refractivity contribution >= 4 is 29.1 Å². The van der Waals surface area contributed by atoms with Crippen LogP contribution < -0.4 is 20.3 Å². The summed E-state index contributed by atoms with van der Waals surface area (Å²) in [6, 6.07) is 15.5. The first-order valence-electron chi connectivity index (χ1n) is 12.6. The lowest BCUT2D eigenvalue weighted by Gasteiger charge is -2.41. The van der Waals surface area contributed by atoms with Gasteiger partial charge in [-0.15, -0.1) is 0 Å². The Morgan fingerprint density at radius 3 is 2.49 bits per heavy atom. The van der Waals surface area contributed by atoms with Crippen molar-refractivity contribution in [2.45, 2.75) is 67.7 Å². The lowest BCUT2D eigenvalue weighted by atomic mass is 9.83. The SMILES string of the molecule is CC(=O)CNC1(c2ccc(OCCCNC3(C)CCCCC3)cc2)Sc2ccccc2N(C)C1=O. The van der Waals surface area contributed by atoms with E-state index in [0.717, 1.165) is 34.9 Å². The lowest BCUT2D eigenvalue weighted by molar-refractivity contribution is -0.122. The van der Waals surface area contributed by atoms with E-state index in [9.17, 15) is 9.59 Å². The molecule has 6 nitrogen and oxygen atoms in total. The van der Waals surface area contributed by atoms with Gasteiger partial charge < -0.3 is 15.0 Å². The summed E-state index contributed by atoms with van der Waals surface area (Å²) in [5.41, 5.74) is 1.95. The van der Waals surface area contributed by atoms with E-state index in [4.69, 9.17) is 4.74 Å². The number of thioether (sulfide) groups is 1. The summed E-state index contributed by atoms with van der Waals surface area (Å²) >= 11 is 1.45. The number of ketones is 1. The predicted octanol–water partition coefficient (Wildman–Crippen LogP) is 4.87. The number of rotatable bonds is 10. The van der Waals surface area contributed by atoms with E-state index in [-0.39, 0.29) is 23.8 Å². The number of ether oxygens (including phenoxy) is 1. The minimum absolute atomic E-state index is 0.0186. The number of hydrogen-bond donors (Lipinski definition) is 2. The molecule has 0 spiro atoms. The van der Waals surface area contributed by atoms with Crippen molar-refractivity contribution in [2.75, 3.05) is 31.6 Å². The summed E-state index contributed by atoms with van der Waals surface area (Å²) in [5.74, 6) is 0.662. The summed E-state index contributed by atoms with van der Waals surface area (Å²) in [7, 11) is 1.78. The van der Waals surface area contributed by atoms with E-state index in [2.05, 4.69) is 17.6 Å². The number of amides is 1. The maximum absolute atomic E-state index is 13.6. The Morgan fingerprint density at radius 1 is 1.06 bits per heavy atom. The predicted molar refractivity (Wildman–Crippen MR) is 142 cm³/mol. The third kappa shape index (κ3) is 5.90.